The summed E-state index contributed by atoms with van der Waals surface area (Å²) in [4.78, 5) is 16.1. The van der Waals surface area contributed by atoms with Crippen molar-refractivity contribution < 1.29 is 9.53 Å². The number of methoxy groups -OCH3 is 1. The van der Waals surface area contributed by atoms with Gasteiger partial charge in [-0.05, 0) is 18.6 Å². The average Bonchev–Trinajstić information content (AvgIpc) is 2.89. The lowest BCUT2D eigenvalue weighted by Gasteiger charge is -2.23. The minimum Gasteiger partial charge on any atom is -0.495 e. The second-order valence-electron chi connectivity index (χ2n) is 4.73. The Kier molecular flexibility index (Phi) is 3.14. The normalized spacial score (nSPS) is 17.5. The molecule has 1 unspecified atom stereocenters. The highest BCUT2D eigenvalue weighted by Gasteiger charge is 2.30. The predicted octanol–water partition coefficient (Wildman–Crippen LogP) is 1.78. The molecule has 0 saturated carbocycles. The molecule has 1 N–H and O–H groups in total. The minimum atomic E-state index is -0.0263. The summed E-state index contributed by atoms with van der Waals surface area (Å²) in [6.07, 6.45) is 5.65. The Morgan fingerprint density at radius 3 is 3.05 bits per heavy atom. The van der Waals surface area contributed by atoms with Crippen LogP contribution in [0.2, 0.25) is 0 Å². The van der Waals surface area contributed by atoms with Gasteiger partial charge in [0.05, 0.1) is 19.5 Å². The number of ether oxygens (including phenoxy) is 1. The van der Waals surface area contributed by atoms with Crippen LogP contribution < -0.4 is 10.1 Å². The maximum absolute atomic E-state index is 11.9. The summed E-state index contributed by atoms with van der Waals surface area (Å²) in [5.41, 5.74) is 2.00. The molecule has 6 heteroatoms. The molecule has 0 aromatic carbocycles. The van der Waals surface area contributed by atoms with E-state index in [0.29, 0.717) is 12.2 Å². The van der Waals surface area contributed by atoms with E-state index in [4.69, 9.17) is 4.74 Å². The van der Waals surface area contributed by atoms with E-state index < -0.39 is 0 Å². The third-order valence-corrected chi connectivity index (χ3v) is 3.56. The summed E-state index contributed by atoms with van der Waals surface area (Å²) in [5.74, 6) is 1.46. The first-order chi connectivity index (χ1) is 9.72. The average molecular weight is 272 g/mol. The number of nitrogens with one attached hydrogen (secondary N) is 1. The van der Waals surface area contributed by atoms with E-state index in [1.54, 1.807) is 24.2 Å². The van der Waals surface area contributed by atoms with Crippen LogP contribution in [0.4, 0.5) is 5.82 Å². The first kappa shape index (κ1) is 12.7. The van der Waals surface area contributed by atoms with Crippen molar-refractivity contribution in [3.8, 4) is 5.75 Å². The van der Waals surface area contributed by atoms with Crippen LogP contribution in [-0.2, 0) is 11.3 Å². The molecule has 3 rings (SSSR count). The molecule has 0 aliphatic carbocycles. The van der Waals surface area contributed by atoms with Crippen molar-refractivity contribution in [2.24, 2.45) is 0 Å². The molecule has 20 heavy (non-hydrogen) atoms. The van der Waals surface area contributed by atoms with Gasteiger partial charge in [0, 0.05) is 30.6 Å². The molecular weight excluding hydrogens is 256 g/mol. The van der Waals surface area contributed by atoms with E-state index in [2.05, 4.69) is 15.4 Å². The lowest BCUT2D eigenvalue weighted by atomic mass is 9.88. The fourth-order valence-electron chi connectivity index (χ4n) is 2.54. The molecule has 0 radical (unpaired) electrons. The number of hydrogen-bond donors (Lipinski definition) is 1. The lowest BCUT2D eigenvalue weighted by Crippen LogP contribution is -2.24. The Balaban J connectivity index is 2.06. The topological polar surface area (TPSA) is 69.0 Å². The smallest absolute Gasteiger partial charge is 0.226 e. The number of anilines is 1. The molecule has 1 aliphatic heterocycles. The molecule has 0 spiro atoms. The van der Waals surface area contributed by atoms with Gasteiger partial charge in [0.25, 0.3) is 0 Å². The molecule has 1 atom stereocenters. The summed E-state index contributed by atoms with van der Waals surface area (Å²) >= 11 is 0. The number of pyridine rings is 1. The van der Waals surface area contributed by atoms with Crippen molar-refractivity contribution in [3.05, 3.63) is 35.8 Å². The van der Waals surface area contributed by atoms with Gasteiger partial charge in [-0.2, -0.15) is 5.10 Å². The number of carbonyl (C=O) groups excluding carboxylic acids is 1. The molecule has 1 aliphatic rings. The van der Waals surface area contributed by atoms with Crippen molar-refractivity contribution in [2.75, 3.05) is 12.4 Å². The van der Waals surface area contributed by atoms with Crippen LogP contribution >= 0.6 is 0 Å². The molecule has 6 nitrogen and oxygen atoms in total. The van der Waals surface area contributed by atoms with Crippen LogP contribution in [0.3, 0.4) is 0 Å². The molecule has 3 heterocycles. The SMILES string of the molecule is CCn1ncc2c1NC(=O)CC2c1cncc(OC)c1. The molecular formula is C14H16N4O2. The van der Waals surface area contributed by atoms with E-state index in [1.807, 2.05) is 19.2 Å². The van der Waals surface area contributed by atoms with Crippen LogP contribution in [-0.4, -0.2) is 27.8 Å². The minimum absolute atomic E-state index is 0.000481. The predicted molar refractivity (Wildman–Crippen MR) is 73.8 cm³/mol. The van der Waals surface area contributed by atoms with Crippen LogP contribution in [0, 0.1) is 0 Å². The van der Waals surface area contributed by atoms with Gasteiger partial charge in [-0.3, -0.25) is 9.78 Å². The molecule has 2 aromatic heterocycles. The quantitative estimate of drug-likeness (QED) is 0.924. The molecule has 0 saturated heterocycles. The number of aryl methyl sites for hydroxylation is 1. The van der Waals surface area contributed by atoms with Gasteiger partial charge in [-0.25, -0.2) is 4.68 Å². The number of nitrogens with zero attached hydrogens (tertiary/aromatic N) is 3. The zero-order chi connectivity index (χ0) is 14.1. The first-order valence-corrected chi connectivity index (χ1v) is 6.57. The second kappa shape index (κ2) is 4.96. The highest BCUT2D eigenvalue weighted by Crippen LogP contribution is 2.37. The Labute approximate surface area is 116 Å². The summed E-state index contributed by atoms with van der Waals surface area (Å²) < 4.78 is 7.00. The molecule has 1 amide bonds. The molecule has 2 aromatic rings. The lowest BCUT2D eigenvalue weighted by molar-refractivity contribution is -0.116. The monoisotopic (exact) mass is 272 g/mol. The van der Waals surface area contributed by atoms with Gasteiger partial charge >= 0.3 is 0 Å². The van der Waals surface area contributed by atoms with Gasteiger partial charge < -0.3 is 10.1 Å². The largest absolute Gasteiger partial charge is 0.495 e. The summed E-state index contributed by atoms with van der Waals surface area (Å²) in [6, 6.07) is 1.92. The number of amides is 1. The van der Waals surface area contributed by atoms with Gasteiger partial charge in [-0.15, -0.1) is 0 Å². The summed E-state index contributed by atoms with van der Waals surface area (Å²) in [7, 11) is 1.61. The van der Waals surface area contributed by atoms with Gasteiger partial charge in [0.2, 0.25) is 5.91 Å². The maximum atomic E-state index is 11.9. The number of rotatable bonds is 3. The number of fused-ring (bicyclic) bond motifs is 1. The van der Waals surface area contributed by atoms with Crippen LogP contribution in [0.25, 0.3) is 0 Å². The number of hydrogen-bond acceptors (Lipinski definition) is 4. The Hall–Kier alpha value is -2.37. The first-order valence-electron chi connectivity index (χ1n) is 6.57. The highest BCUT2D eigenvalue weighted by molar-refractivity contribution is 5.94. The number of aromatic nitrogens is 3. The molecule has 0 bridgehead atoms. The summed E-state index contributed by atoms with van der Waals surface area (Å²) in [6.45, 7) is 2.72. The van der Waals surface area contributed by atoms with Crippen molar-refractivity contribution in [2.45, 2.75) is 25.8 Å². The Morgan fingerprint density at radius 2 is 2.30 bits per heavy atom. The standard InChI is InChI=1S/C14H16N4O2/c1-3-18-14-12(8-16-18)11(5-13(19)17-14)9-4-10(20-2)7-15-6-9/h4,6-8,11H,3,5H2,1-2H3,(H,17,19). The maximum Gasteiger partial charge on any atom is 0.226 e. The van der Waals surface area contributed by atoms with Crippen LogP contribution in [0.5, 0.6) is 5.75 Å². The fourth-order valence-corrected chi connectivity index (χ4v) is 2.54. The summed E-state index contributed by atoms with van der Waals surface area (Å²) in [5, 5.41) is 7.22. The van der Waals surface area contributed by atoms with E-state index >= 15 is 0 Å². The molecule has 0 fully saturated rings. The van der Waals surface area contributed by atoms with Gasteiger partial charge in [-0.1, -0.05) is 0 Å². The Morgan fingerprint density at radius 1 is 1.45 bits per heavy atom. The van der Waals surface area contributed by atoms with Crippen molar-refractivity contribution >= 4 is 11.7 Å². The zero-order valence-electron chi connectivity index (χ0n) is 11.5. The zero-order valence-corrected chi connectivity index (χ0v) is 11.5. The van der Waals surface area contributed by atoms with E-state index in [-0.39, 0.29) is 11.8 Å². The van der Waals surface area contributed by atoms with Crippen molar-refractivity contribution in [1.29, 1.82) is 0 Å². The van der Waals surface area contributed by atoms with Crippen LogP contribution in [0.1, 0.15) is 30.4 Å². The van der Waals surface area contributed by atoms with Gasteiger partial charge in [0.1, 0.15) is 11.6 Å². The van der Waals surface area contributed by atoms with Gasteiger partial charge in [0.15, 0.2) is 0 Å². The highest BCUT2D eigenvalue weighted by atomic mass is 16.5. The molecule has 104 valence electrons. The third-order valence-electron chi connectivity index (χ3n) is 3.56. The van der Waals surface area contributed by atoms with E-state index in [9.17, 15) is 4.79 Å². The third kappa shape index (κ3) is 2.03. The van der Waals surface area contributed by atoms with E-state index in [0.717, 1.165) is 23.5 Å². The van der Waals surface area contributed by atoms with Crippen LogP contribution in [0.15, 0.2) is 24.7 Å². The number of carbonyl (C=O) groups is 1. The van der Waals surface area contributed by atoms with E-state index in [1.165, 1.54) is 0 Å². The van der Waals surface area contributed by atoms with Crippen molar-refractivity contribution in [3.63, 3.8) is 0 Å². The second-order valence-corrected chi connectivity index (χ2v) is 4.73. The fraction of sp³-hybridized carbons (Fsp3) is 0.357. The van der Waals surface area contributed by atoms with Crippen molar-refractivity contribution in [1.82, 2.24) is 14.8 Å². The Bertz CT molecular complexity index is 650.